The maximum atomic E-state index is 11.7. The van der Waals surface area contributed by atoms with E-state index < -0.39 is 10.8 Å². The summed E-state index contributed by atoms with van der Waals surface area (Å²) in [5.41, 5.74) is 5.25. The first-order chi connectivity index (χ1) is 7.99. The minimum atomic E-state index is -0.636. The van der Waals surface area contributed by atoms with Crippen LogP contribution in [0.4, 0.5) is 5.69 Å². The Morgan fingerprint density at radius 3 is 2.88 bits per heavy atom. The Balaban J connectivity index is 2.21. The Bertz CT molecular complexity index is 493. The fourth-order valence-electron chi connectivity index (χ4n) is 1.32. The maximum Gasteiger partial charge on any atom is 0.288 e. The van der Waals surface area contributed by atoms with Gasteiger partial charge in [0.15, 0.2) is 0 Å². The number of nitrogens with one attached hydrogen (secondary N) is 1. The number of nitrogens with two attached hydrogens (primary N) is 1. The van der Waals surface area contributed by atoms with Gasteiger partial charge >= 0.3 is 0 Å². The molecule has 2 atom stereocenters. The quantitative estimate of drug-likeness (QED) is 0.464. The molecule has 8 heteroatoms. The van der Waals surface area contributed by atoms with Crippen LogP contribution < -0.4 is 11.1 Å². The molecule has 1 heterocycles. The molecule has 1 saturated carbocycles. The third-order valence-corrected chi connectivity index (χ3v) is 2.74. The fraction of sp³-hybridized carbons (Fsp3) is 0.333. The molecule has 1 aromatic rings. The van der Waals surface area contributed by atoms with Crippen LogP contribution in [0.1, 0.15) is 16.8 Å². The summed E-state index contributed by atoms with van der Waals surface area (Å²) in [6.45, 7) is 0. The molecule has 0 aliphatic heterocycles. The molecule has 2 rings (SSSR count). The van der Waals surface area contributed by atoms with Gasteiger partial charge in [-0.2, -0.15) is 0 Å². The lowest BCUT2D eigenvalue weighted by molar-refractivity contribution is -0.385. The van der Waals surface area contributed by atoms with Crippen LogP contribution in [0.25, 0.3) is 0 Å². The van der Waals surface area contributed by atoms with Gasteiger partial charge in [0.2, 0.25) is 0 Å². The van der Waals surface area contributed by atoms with Gasteiger partial charge < -0.3 is 11.1 Å². The van der Waals surface area contributed by atoms with Crippen LogP contribution in [0, 0.1) is 10.1 Å². The Morgan fingerprint density at radius 2 is 2.35 bits per heavy atom. The molecule has 1 aliphatic rings. The molecule has 17 heavy (non-hydrogen) atoms. The van der Waals surface area contributed by atoms with Gasteiger partial charge in [-0.05, 0) is 6.42 Å². The zero-order valence-electron chi connectivity index (χ0n) is 8.59. The van der Waals surface area contributed by atoms with Gasteiger partial charge in [-0.3, -0.25) is 14.9 Å². The van der Waals surface area contributed by atoms with Crippen LogP contribution in [-0.4, -0.2) is 27.9 Å². The van der Waals surface area contributed by atoms with Crippen molar-refractivity contribution in [1.29, 1.82) is 0 Å². The number of nitrogens with zero attached hydrogens (tertiary/aromatic N) is 2. The second-order valence-corrected chi connectivity index (χ2v) is 4.13. The molecule has 2 unspecified atom stereocenters. The van der Waals surface area contributed by atoms with Crippen molar-refractivity contribution in [3.8, 4) is 0 Å². The second-order valence-electron chi connectivity index (χ2n) is 3.77. The van der Waals surface area contributed by atoms with Crippen molar-refractivity contribution in [2.45, 2.75) is 18.5 Å². The van der Waals surface area contributed by atoms with Crippen LogP contribution in [0.15, 0.2) is 12.3 Å². The summed E-state index contributed by atoms with van der Waals surface area (Å²) in [5, 5.41) is 13.1. The van der Waals surface area contributed by atoms with Gasteiger partial charge in [-0.25, -0.2) is 4.98 Å². The molecule has 0 bridgehead atoms. The van der Waals surface area contributed by atoms with Gasteiger partial charge in [-0.1, -0.05) is 11.6 Å². The average molecular weight is 257 g/mol. The average Bonchev–Trinajstić information content (AvgIpc) is 2.94. The lowest BCUT2D eigenvalue weighted by atomic mass is 10.2. The molecule has 0 aromatic carbocycles. The zero-order chi connectivity index (χ0) is 12.6. The summed E-state index contributed by atoms with van der Waals surface area (Å²) >= 11 is 5.71. The first-order valence-corrected chi connectivity index (χ1v) is 5.23. The Labute approximate surface area is 101 Å². The van der Waals surface area contributed by atoms with Crippen LogP contribution in [-0.2, 0) is 0 Å². The number of pyridine rings is 1. The molecule has 0 saturated heterocycles. The van der Waals surface area contributed by atoms with E-state index in [2.05, 4.69) is 10.3 Å². The van der Waals surface area contributed by atoms with E-state index in [9.17, 15) is 14.9 Å². The number of amides is 1. The Hall–Kier alpha value is -1.73. The summed E-state index contributed by atoms with van der Waals surface area (Å²) in [6.07, 6.45) is 1.70. The molecule has 1 fully saturated rings. The first kappa shape index (κ1) is 11.7. The highest BCUT2D eigenvalue weighted by molar-refractivity contribution is 6.32. The molecule has 90 valence electrons. The van der Waals surface area contributed by atoms with Gasteiger partial charge in [0.25, 0.3) is 11.6 Å². The molecular formula is C9H9ClN4O3. The minimum Gasteiger partial charge on any atom is -0.348 e. The summed E-state index contributed by atoms with van der Waals surface area (Å²) < 4.78 is 0. The lowest BCUT2D eigenvalue weighted by Gasteiger charge is -2.04. The standard InChI is InChI=1S/C9H9ClN4O3/c10-8-5(1-4(3-12-8)14(16)17)9(15)13-7-2-6(7)11/h1,3,6-7H,2,11H2,(H,13,15). The summed E-state index contributed by atoms with van der Waals surface area (Å²) in [5.74, 6) is -0.496. The fourth-order valence-corrected chi connectivity index (χ4v) is 1.51. The first-order valence-electron chi connectivity index (χ1n) is 4.85. The molecule has 1 amide bonds. The van der Waals surface area contributed by atoms with E-state index in [-0.39, 0.29) is 28.5 Å². The number of carbonyl (C=O) groups excluding carboxylic acids is 1. The molecule has 0 spiro atoms. The van der Waals surface area contributed by atoms with Gasteiger partial charge in [-0.15, -0.1) is 0 Å². The number of hydrogen-bond acceptors (Lipinski definition) is 5. The van der Waals surface area contributed by atoms with Crippen molar-refractivity contribution < 1.29 is 9.72 Å². The van der Waals surface area contributed by atoms with E-state index in [0.717, 1.165) is 12.3 Å². The maximum absolute atomic E-state index is 11.7. The number of rotatable bonds is 3. The molecule has 7 nitrogen and oxygen atoms in total. The third kappa shape index (κ3) is 2.51. The number of carbonyl (C=O) groups is 1. The van der Waals surface area contributed by atoms with Crippen molar-refractivity contribution in [2.75, 3.05) is 0 Å². The smallest absolute Gasteiger partial charge is 0.288 e. The van der Waals surface area contributed by atoms with E-state index in [4.69, 9.17) is 17.3 Å². The van der Waals surface area contributed by atoms with Crippen molar-refractivity contribution in [3.63, 3.8) is 0 Å². The second kappa shape index (κ2) is 4.27. The van der Waals surface area contributed by atoms with Crippen LogP contribution in [0.2, 0.25) is 5.15 Å². The predicted octanol–water partition coefficient (Wildman–Crippen LogP) is 0.473. The number of nitro groups is 1. The van der Waals surface area contributed by atoms with E-state index in [1.807, 2.05) is 0 Å². The van der Waals surface area contributed by atoms with Crippen LogP contribution in [0.3, 0.4) is 0 Å². The SMILES string of the molecule is NC1CC1NC(=O)c1cc([N+](=O)[O-])cnc1Cl. The minimum absolute atomic E-state index is 0.0139. The normalized spacial score (nSPS) is 22.0. The number of aromatic nitrogens is 1. The van der Waals surface area contributed by atoms with Crippen LogP contribution >= 0.6 is 11.6 Å². The van der Waals surface area contributed by atoms with Crippen molar-refractivity contribution in [2.24, 2.45) is 5.73 Å². The zero-order valence-corrected chi connectivity index (χ0v) is 9.35. The Kier molecular flexibility index (Phi) is 2.95. The van der Waals surface area contributed by atoms with E-state index in [0.29, 0.717) is 6.42 Å². The summed E-state index contributed by atoms with van der Waals surface area (Å²) in [6, 6.07) is 0.959. The number of hydrogen-bond donors (Lipinski definition) is 2. The molecule has 1 aromatic heterocycles. The highest BCUT2D eigenvalue weighted by Crippen LogP contribution is 2.22. The largest absolute Gasteiger partial charge is 0.348 e. The predicted molar refractivity (Wildman–Crippen MR) is 59.7 cm³/mol. The van der Waals surface area contributed by atoms with E-state index in [1.54, 1.807) is 0 Å². The summed E-state index contributed by atoms with van der Waals surface area (Å²) in [4.78, 5) is 25.2. The van der Waals surface area contributed by atoms with Gasteiger partial charge in [0.1, 0.15) is 11.3 Å². The monoisotopic (exact) mass is 256 g/mol. The lowest BCUT2D eigenvalue weighted by Crippen LogP contribution is -2.30. The highest BCUT2D eigenvalue weighted by Gasteiger charge is 2.35. The van der Waals surface area contributed by atoms with Crippen molar-refractivity contribution >= 4 is 23.2 Å². The molecule has 0 radical (unpaired) electrons. The van der Waals surface area contributed by atoms with Gasteiger partial charge in [0, 0.05) is 18.2 Å². The molecule has 1 aliphatic carbocycles. The topological polar surface area (TPSA) is 111 Å². The van der Waals surface area contributed by atoms with E-state index in [1.165, 1.54) is 0 Å². The third-order valence-electron chi connectivity index (χ3n) is 2.44. The summed E-state index contributed by atoms with van der Waals surface area (Å²) in [7, 11) is 0. The van der Waals surface area contributed by atoms with E-state index >= 15 is 0 Å². The number of halogens is 1. The van der Waals surface area contributed by atoms with Crippen molar-refractivity contribution in [3.05, 3.63) is 33.1 Å². The molecular weight excluding hydrogens is 248 g/mol. The highest BCUT2D eigenvalue weighted by atomic mass is 35.5. The Morgan fingerprint density at radius 1 is 1.71 bits per heavy atom. The van der Waals surface area contributed by atoms with Crippen molar-refractivity contribution in [1.82, 2.24) is 10.3 Å². The van der Waals surface area contributed by atoms with Crippen LogP contribution in [0.5, 0.6) is 0 Å². The molecule has 3 N–H and O–H groups in total. The van der Waals surface area contributed by atoms with Gasteiger partial charge in [0.05, 0.1) is 10.5 Å².